The van der Waals surface area contributed by atoms with Crippen molar-refractivity contribution in [2.75, 3.05) is 39.4 Å². The molecule has 0 unspecified atom stereocenters. The van der Waals surface area contributed by atoms with E-state index in [1.54, 1.807) is 32.6 Å². The minimum Gasteiger partial charge on any atom is -0.444 e. The fourth-order valence-corrected chi connectivity index (χ4v) is 4.27. The largest absolute Gasteiger partial charge is 0.444 e. The van der Waals surface area contributed by atoms with Crippen molar-refractivity contribution in [1.29, 1.82) is 0 Å². The number of carbonyl (C=O) groups is 3. The molecule has 3 amide bonds. The molecule has 1 aromatic rings. The maximum Gasteiger partial charge on any atom is 0.410 e. The summed E-state index contributed by atoms with van der Waals surface area (Å²) in [6.45, 7) is 9.46. The van der Waals surface area contributed by atoms with Crippen LogP contribution in [0.15, 0.2) is 0 Å². The molecule has 178 valence electrons. The van der Waals surface area contributed by atoms with Crippen LogP contribution in [0.1, 0.15) is 43.4 Å². The van der Waals surface area contributed by atoms with Crippen LogP contribution in [0, 0.1) is 12.8 Å². The molecule has 0 radical (unpaired) electrons. The van der Waals surface area contributed by atoms with Gasteiger partial charge in [-0.1, -0.05) is 23.2 Å². The minimum absolute atomic E-state index is 0.126. The predicted octanol–water partition coefficient (Wildman–Crippen LogP) is 2.84. The van der Waals surface area contributed by atoms with Crippen LogP contribution in [0.5, 0.6) is 0 Å². The fourth-order valence-electron chi connectivity index (χ4n) is 3.85. The number of hydrogen-bond acceptors (Lipinski definition) is 5. The van der Waals surface area contributed by atoms with E-state index in [9.17, 15) is 14.4 Å². The first-order chi connectivity index (χ1) is 15.0. The monoisotopic (exact) mass is 488 g/mol. The first-order valence-electron chi connectivity index (χ1n) is 10.7. The van der Waals surface area contributed by atoms with Crippen LogP contribution >= 0.6 is 23.2 Å². The zero-order valence-corrected chi connectivity index (χ0v) is 20.3. The Bertz CT molecular complexity index is 876. The van der Waals surface area contributed by atoms with Gasteiger partial charge in [0.2, 0.25) is 5.91 Å². The van der Waals surface area contributed by atoms with Gasteiger partial charge in [0.25, 0.3) is 5.91 Å². The van der Waals surface area contributed by atoms with Crippen molar-refractivity contribution < 1.29 is 23.9 Å². The van der Waals surface area contributed by atoms with Gasteiger partial charge < -0.3 is 29.6 Å². The molecule has 1 aromatic heterocycles. The van der Waals surface area contributed by atoms with Crippen molar-refractivity contribution in [2.45, 2.75) is 45.8 Å². The third kappa shape index (κ3) is 5.68. The zero-order chi connectivity index (χ0) is 23.6. The number of piperidine rings is 1. The lowest BCUT2D eigenvalue weighted by Crippen LogP contribution is -2.59. The quantitative estimate of drug-likeness (QED) is 0.680. The van der Waals surface area contributed by atoms with E-state index in [4.69, 9.17) is 32.7 Å². The summed E-state index contributed by atoms with van der Waals surface area (Å²) >= 11 is 12.3. The minimum atomic E-state index is -0.645. The summed E-state index contributed by atoms with van der Waals surface area (Å²) < 4.78 is 10.8. The average molecular weight is 489 g/mol. The number of aromatic nitrogens is 1. The standard InChI is InChI=1S/C21H30Cl2N4O5/c1-12-15(22)16(23)17(24-12)18(28)25-14-5-6-27(20(30)32-21(2,3)4)11-13(14)19(29)26-7-9-31-10-8-26/h13-14,24H,5-11H2,1-4H3,(H,25,28)/t13-,14-/m0/s1. The lowest BCUT2D eigenvalue weighted by Gasteiger charge is -2.41. The molecule has 9 nitrogen and oxygen atoms in total. The Kier molecular flexibility index (Phi) is 7.62. The first kappa shape index (κ1) is 24.7. The van der Waals surface area contributed by atoms with E-state index >= 15 is 0 Å². The molecule has 0 aliphatic carbocycles. The summed E-state index contributed by atoms with van der Waals surface area (Å²) in [5.41, 5.74) is 0.0942. The summed E-state index contributed by atoms with van der Waals surface area (Å²) in [6.07, 6.45) is -0.0755. The molecular weight excluding hydrogens is 459 g/mol. The van der Waals surface area contributed by atoms with Crippen molar-refractivity contribution >= 4 is 41.1 Å². The van der Waals surface area contributed by atoms with E-state index < -0.39 is 29.6 Å². The average Bonchev–Trinajstić information content (AvgIpc) is 3.00. The summed E-state index contributed by atoms with van der Waals surface area (Å²) in [7, 11) is 0. The van der Waals surface area contributed by atoms with Gasteiger partial charge in [0.15, 0.2) is 0 Å². The number of likely N-dealkylation sites (tertiary alicyclic amines) is 1. The van der Waals surface area contributed by atoms with Gasteiger partial charge in [-0.15, -0.1) is 0 Å². The number of halogens is 2. The lowest BCUT2D eigenvalue weighted by atomic mass is 9.90. The molecule has 2 N–H and O–H groups in total. The molecule has 11 heteroatoms. The normalized spacial score (nSPS) is 21.9. The number of aryl methyl sites for hydroxylation is 1. The van der Waals surface area contributed by atoms with E-state index in [0.29, 0.717) is 45.0 Å². The summed E-state index contributed by atoms with van der Waals surface area (Å²) in [4.78, 5) is 45.0. The Hall–Kier alpha value is -1.97. The Labute approximate surface area is 197 Å². The van der Waals surface area contributed by atoms with Crippen LogP contribution in [0.25, 0.3) is 0 Å². The van der Waals surface area contributed by atoms with Gasteiger partial charge in [-0.05, 0) is 34.1 Å². The molecular formula is C21H30Cl2N4O5. The van der Waals surface area contributed by atoms with Crippen molar-refractivity contribution in [3.8, 4) is 0 Å². The van der Waals surface area contributed by atoms with Gasteiger partial charge in [-0.25, -0.2) is 4.79 Å². The van der Waals surface area contributed by atoms with Crippen LogP contribution in [0.2, 0.25) is 10.0 Å². The van der Waals surface area contributed by atoms with Gasteiger partial charge in [0.05, 0.1) is 29.2 Å². The molecule has 2 atom stereocenters. The van der Waals surface area contributed by atoms with Crippen LogP contribution in [0.3, 0.4) is 0 Å². The second-order valence-corrected chi connectivity index (χ2v) is 9.85. The highest BCUT2D eigenvalue weighted by molar-refractivity contribution is 6.44. The van der Waals surface area contributed by atoms with E-state index in [0.717, 1.165) is 0 Å². The van der Waals surface area contributed by atoms with Crippen LogP contribution in [-0.2, 0) is 14.3 Å². The van der Waals surface area contributed by atoms with Crippen molar-refractivity contribution in [3.05, 3.63) is 21.4 Å². The number of nitrogens with zero attached hydrogens (tertiary/aromatic N) is 2. The smallest absolute Gasteiger partial charge is 0.410 e. The maximum atomic E-state index is 13.3. The Morgan fingerprint density at radius 2 is 1.75 bits per heavy atom. The van der Waals surface area contributed by atoms with Crippen LogP contribution in [-0.4, -0.2) is 83.7 Å². The second-order valence-electron chi connectivity index (χ2n) is 9.09. The number of ether oxygens (including phenoxy) is 2. The number of amides is 3. The van der Waals surface area contributed by atoms with Crippen molar-refractivity contribution in [3.63, 3.8) is 0 Å². The van der Waals surface area contributed by atoms with Crippen molar-refractivity contribution in [2.24, 2.45) is 5.92 Å². The number of morpholine rings is 1. The number of rotatable bonds is 3. The molecule has 2 aliphatic rings. The molecule has 32 heavy (non-hydrogen) atoms. The lowest BCUT2D eigenvalue weighted by molar-refractivity contribution is -0.142. The highest BCUT2D eigenvalue weighted by atomic mass is 35.5. The first-order valence-corrected chi connectivity index (χ1v) is 11.4. The van der Waals surface area contributed by atoms with Gasteiger partial charge in [-0.3, -0.25) is 9.59 Å². The number of H-pyrrole nitrogens is 1. The molecule has 3 heterocycles. The molecule has 2 fully saturated rings. The van der Waals surface area contributed by atoms with E-state index in [2.05, 4.69) is 10.3 Å². The number of aromatic amines is 1. The summed E-state index contributed by atoms with van der Waals surface area (Å²) in [6, 6.07) is -0.477. The Morgan fingerprint density at radius 3 is 2.31 bits per heavy atom. The molecule has 2 saturated heterocycles. The van der Waals surface area contributed by atoms with Crippen LogP contribution in [0.4, 0.5) is 4.79 Å². The van der Waals surface area contributed by atoms with E-state index in [-0.39, 0.29) is 28.2 Å². The molecule has 0 bridgehead atoms. The van der Waals surface area contributed by atoms with Crippen molar-refractivity contribution in [1.82, 2.24) is 20.1 Å². The molecule has 2 aliphatic heterocycles. The maximum absolute atomic E-state index is 13.3. The summed E-state index contributed by atoms with van der Waals surface area (Å²) in [5, 5.41) is 3.36. The van der Waals surface area contributed by atoms with Gasteiger partial charge >= 0.3 is 6.09 Å². The third-order valence-corrected chi connectivity index (χ3v) is 6.45. The predicted molar refractivity (Wildman–Crippen MR) is 120 cm³/mol. The van der Waals surface area contributed by atoms with Crippen LogP contribution < -0.4 is 5.32 Å². The topological polar surface area (TPSA) is 104 Å². The zero-order valence-electron chi connectivity index (χ0n) is 18.8. The number of carbonyl (C=O) groups excluding carboxylic acids is 3. The molecule has 0 saturated carbocycles. The number of nitrogens with one attached hydrogen (secondary N) is 2. The Balaban J connectivity index is 1.78. The van der Waals surface area contributed by atoms with Gasteiger partial charge in [0, 0.05) is 37.9 Å². The highest BCUT2D eigenvalue weighted by Gasteiger charge is 2.40. The third-order valence-electron chi connectivity index (χ3n) is 5.50. The summed E-state index contributed by atoms with van der Waals surface area (Å²) in [5.74, 6) is -1.19. The van der Waals surface area contributed by atoms with E-state index in [1.807, 2.05) is 0 Å². The molecule has 0 aromatic carbocycles. The van der Waals surface area contributed by atoms with Gasteiger partial charge in [0.1, 0.15) is 11.3 Å². The number of hydrogen-bond donors (Lipinski definition) is 2. The highest BCUT2D eigenvalue weighted by Crippen LogP contribution is 2.30. The van der Waals surface area contributed by atoms with Gasteiger partial charge in [-0.2, -0.15) is 0 Å². The fraction of sp³-hybridized carbons (Fsp3) is 0.667. The SMILES string of the molecule is Cc1[nH]c(C(=O)N[C@H]2CCN(C(=O)OC(C)(C)C)C[C@@H]2C(=O)N2CCOCC2)c(Cl)c1Cl. The second kappa shape index (κ2) is 9.89. The Morgan fingerprint density at radius 1 is 1.09 bits per heavy atom. The van der Waals surface area contributed by atoms with E-state index in [1.165, 1.54) is 4.90 Å². The molecule has 3 rings (SSSR count). The molecule has 0 spiro atoms.